The van der Waals surface area contributed by atoms with E-state index >= 15 is 0 Å². The molecule has 3 nitrogen and oxygen atoms in total. The molecule has 0 atom stereocenters. The molecule has 0 saturated carbocycles. The van der Waals surface area contributed by atoms with Gasteiger partial charge in [0.15, 0.2) is 0 Å². The van der Waals surface area contributed by atoms with Crippen LogP contribution in [-0.2, 0) is 13.3 Å². The zero-order chi connectivity index (χ0) is 11.6. The van der Waals surface area contributed by atoms with Gasteiger partial charge in [0.2, 0.25) is 0 Å². The van der Waals surface area contributed by atoms with Crippen LogP contribution in [0.15, 0.2) is 0 Å². The van der Waals surface area contributed by atoms with Gasteiger partial charge in [-0.3, -0.25) is 0 Å². The quantitative estimate of drug-likeness (QED) is 0.348. The third-order valence-corrected chi connectivity index (χ3v) is 5.48. The molecule has 92 valence electrons. The molecule has 0 aliphatic rings. The molecule has 0 aromatic heterocycles. The second-order valence-corrected chi connectivity index (χ2v) is 6.86. The molecule has 0 spiro atoms. The van der Waals surface area contributed by atoms with Crippen molar-refractivity contribution in [1.29, 1.82) is 0 Å². The minimum absolute atomic E-state index is 0.604. The number of unbranched alkanes of at least 4 members (excludes halogenated alkanes) is 1. The fourth-order valence-corrected chi connectivity index (χ4v) is 3.75. The lowest BCUT2D eigenvalue weighted by Crippen LogP contribution is -2.44. The van der Waals surface area contributed by atoms with Crippen molar-refractivity contribution < 1.29 is 13.3 Å². The minimum atomic E-state index is -2.44. The zero-order valence-corrected chi connectivity index (χ0v) is 11.9. The van der Waals surface area contributed by atoms with Gasteiger partial charge in [0.05, 0.1) is 0 Å². The molecule has 0 bridgehead atoms. The lowest BCUT2D eigenvalue weighted by atomic mass is 10.4. The highest BCUT2D eigenvalue weighted by Gasteiger charge is 2.37. The first kappa shape index (κ1) is 15.7. The molecule has 15 heavy (non-hydrogen) atoms. The van der Waals surface area contributed by atoms with Crippen molar-refractivity contribution in [2.24, 2.45) is 0 Å². The maximum atomic E-state index is 5.71. The van der Waals surface area contributed by atoms with E-state index in [0.717, 1.165) is 25.3 Å². The highest BCUT2D eigenvalue weighted by molar-refractivity contribution is 6.60. The maximum absolute atomic E-state index is 5.71. The Hall–Kier alpha value is 0.677. The highest BCUT2D eigenvalue weighted by Crippen LogP contribution is 2.17. The summed E-state index contributed by atoms with van der Waals surface area (Å²) in [4.78, 5) is 0. The summed E-state index contributed by atoms with van der Waals surface area (Å²) in [6.45, 7) is 0.642. The van der Waals surface area contributed by atoms with Crippen molar-refractivity contribution in [1.82, 2.24) is 0 Å². The smallest absolute Gasteiger partial charge is 0.377 e. The molecule has 0 fully saturated rings. The van der Waals surface area contributed by atoms with Crippen LogP contribution in [0.5, 0.6) is 0 Å². The Morgan fingerprint density at radius 2 is 1.53 bits per heavy atom. The predicted octanol–water partition coefficient (Wildman–Crippen LogP) is 2.88. The molecule has 0 aliphatic heterocycles. The molecule has 0 aromatic rings. The van der Waals surface area contributed by atoms with E-state index in [1.807, 2.05) is 0 Å². The average molecular weight is 275 g/mol. The van der Waals surface area contributed by atoms with Crippen LogP contribution < -0.4 is 0 Å². The molecule has 0 N–H and O–H groups in total. The Kier molecular flexibility index (Phi) is 10.3. The van der Waals surface area contributed by atoms with Gasteiger partial charge in [-0.1, -0.05) is 0 Å². The van der Waals surface area contributed by atoms with Crippen molar-refractivity contribution in [3.63, 3.8) is 0 Å². The molecule has 0 aliphatic carbocycles. The van der Waals surface area contributed by atoms with Crippen molar-refractivity contribution in [3.05, 3.63) is 0 Å². The first-order chi connectivity index (χ1) is 7.24. The maximum Gasteiger partial charge on any atom is 0.500 e. The third-order valence-electron chi connectivity index (χ3n) is 2.09. The summed E-state index contributed by atoms with van der Waals surface area (Å²) < 4.78 is 16.5. The average Bonchev–Trinajstić information content (AvgIpc) is 2.29. The van der Waals surface area contributed by atoms with Crippen LogP contribution in [0, 0.1) is 0 Å². The van der Waals surface area contributed by atoms with Crippen LogP contribution in [0.3, 0.4) is 0 Å². The van der Waals surface area contributed by atoms with Gasteiger partial charge < -0.3 is 13.3 Å². The number of rotatable bonds is 10. The van der Waals surface area contributed by atoms with Crippen LogP contribution in [0.4, 0.5) is 0 Å². The van der Waals surface area contributed by atoms with Crippen molar-refractivity contribution in [3.8, 4) is 0 Å². The van der Waals surface area contributed by atoms with Gasteiger partial charge in [0, 0.05) is 38.6 Å². The van der Waals surface area contributed by atoms with E-state index < -0.39 is 8.80 Å². The second-order valence-electron chi connectivity index (χ2n) is 3.13. The molecule has 0 radical (unpaired) electrons. The number of alkyl halides is 2. The number of hydrogen-bond acceptors (Lipinski definition) is 3. The van der Waals surface area contributed by atoms with Crippen LogP contribution in [0.25, 0.3) is 0 Å². The lowest BCUT2D eigenvalue weighted by Gasteiger charge is -2.26. The molecule has 0 aromatic carbocycles. The summed E-state index contributed by atoms with van der Waals surface area (Å²) in [6, 6.07) is 0.768. The summed E-state index contributed by atoms with van der Waals surface area (Å²) >= 11 is 11.2. The summed E-state index contributed by atoms with van der Waals surface area (Å²) in [6.07, 6.45) is 2.74. The van der Waals surface area contributed by atoms with E-state index in [1.165, 1.54) is 0 Å². The Labute approximate surface area is 103 Å². The molecule has 0 amide bonds. The summed E-state index contributed by atoms with van der Waals surface area (Å²) in [5.41, 5.74) is 0. The van der Waals surface area contributed by atoms with E-state index in [9.17, 15) is 0 Å². The largest absolute Gasteiger partial charge is 0.500 e. The zero-order valence-electron chi connectivity index (χ0n) is 9.43. The Morgan fingerprint density at radius 3 is 2.00 bits per heavy atom. The molecular formula is C9H20Cl2O3Si. The van der Waals surface area contributed by atoms with Crippen LogP contribution in [0.1, 0.15) is 19.3 Å². The van der Waals surface area contributed by atoms with Gasteiger partial charge in [0.25, 0.3) is 0 Å². The van der Waals surface area contributed by atoms with E-state index in [0.29, 0.717) is 18.4 Å². The fraction of sp³-hybridized carbons (Fsp3) is 1.00. The second kappa shape index (κ2) is 9.87. The fourth-order valence-electron chi connectivity index (χ4n) is 1.19. The van der Waals surface area contributed by atoms with Crippen molar-refractivity contribution in [2.45, 2.75) is 25.3 Å². The standard InChI is InChI=1S/C9H20Cl2O3Si/c1-12-15(13-2,9-5-7-11)14-8-4-3-6-10/h3-9H2,1-2H3. The van der Waals surface area contributed by atoms with Gasteiger partial charge >= 0.3 is 8.80 Å². The van der Waals surface area contributed by atoms with Crippen LogP contribution in [-0.4, -0.2) is 41.4 Å². The minimum Gasteiger partial charge on any atom is -0.377 e. The Morgan fingerprint density at radius 1 is 0.933 bits per heavy atom. The SMILES string of the molecule is CO[Si](CCCCl)(OC)OCCCCCl. The topological polar surface area (TPSA) is 27.7 Å². The molecule has 0 heterocycles. The van der Waals surface area contributed by atoms with E-state index in [1.54, 1.807) is 14.2 Å². The van der Waals surface area contributed by atoms with Crippen molar-refractivity contribution in [2.75, 3.05) is 32.6 Å². The first-order valence-electron chi connectivity index (χ1n) is 5.11. The first-order valence-corrected chi connectivity index (χ1v) is 8.11. The highest BCUT2D eigenvalue weighted by atomic mass is 35.5. The van der Waals surface area contributed by atoms with E-state index in [-0.39, 0.29) is 0 Å². The van der Waals surface area contributed by atoms with Gasteiger partial charge in [-0.05, 0) is 19.3 Å². The summed E-state index contributed by atoms with van der Waals surface area (Å²) in [7, 11) is 0.819. The Balaban J connectivity index is 3.88. The normalized spacial score (nSPS) is 12.0. The Bertz CT molecular complexity index is 145. The molecule has 0 unspecified atom stereocenters. The third kappa shape index (κ3) is 6.76. The number of halogens is 2. The molecule has 0 rings (SSSR count). The van der Waals surface area contributed by atoms with Crippen LogP contribution >= 0.6 is 23.2 Å². The van der Waals surface area contributed by atoms with Gasteiger partial charge in [-0.15, -0.1) is 23.2 Å². The van der Waals surface area contributed by atoms with Gasteiger partial charge in [-0.2, -0.15) is 0 Å². The predicted molar refractivity (Wildman–Crippen MR) is 65.8 cm³/mol. The summed E-state index contributed by atoms with van der Waals surface area (Å²) in [5, 5.41) is 0. The lowest BCUT2D eigenvalue weighted by molar-refractivity contribution is 0.0968. The van der Waals surface area contributed by atoms with Crippen LogP contribution in [0.2, 0.25) is 6.04 Å². The van der Waals surface area contributed by atoms with Gasteiger partial charge in [0.1, 0.15) is 0 Å². The van der Waals surface area contributed by atoms with Crippen molar-refractivity contribution >= 4 is 32.0 Å². The molecular weight excluding hydrogens is 255 g/mol. The summed E-state index contributed by atoms with van der Waals surface area (Å²) in [5.74, 6) is 1.27. The monoisotopic (exact) mass is 274 g/mol. The van der Waals surface area contributed by atoms with Gasteiger partial charge in [-0.25, -0.2) is 0 Å². The number of hydrogen-bond donors (Lipinski definition) is 0. The molecule has 6 heteroatoms. The van der Waals surface area contributed by atoms with E-state index in [4.69, 9.17) is 36.5 Å². The van der Waals surface area contributed by atoms with E-state index in [2.05, 4.69) is 0 Å². The molecule has 0 saturated heterocycles.